The molecule has 1 amide bonds. The lowest BCUT2D eigenvalue weighted by Gasteiger charge is -2.08. The van der Waals surface area contributed by atoms with E-state index in [1.165, 1.54) is 25.2 Å². The Bertz CT molecular complexity index is 644. The van der Waals surface area contributed by atoms with E-state index in [1.54, 1.807) is 7.05 Å². The van der Waals surface area contributed by atoms with Crippen LogP contribution >= 0.6 is 0 Å². The topological polar surface area (TPSA) is 130 Å². The lowest BCUT2D eigenvalue weighted by molar-refractivity contribution is -0.385. The molecule has 0 aromatic heterocycles. The molecule has 0 unspecified atom stereocenters. The Morgan fingerprint density at radius 3 is 2.52 bits per heavy atom. The molecule has 1 rings (SSSR count). The molecule has 0 spiro atoms. The number of benzene rings is 1. The zero-order valence-electron chi connectivity index (χ0n) is 11.5. The van der Waals surface area contributed by atoms with Crippen molar-refractivity contribution < 1.29 is 18.1 Å². The molecule has 1 aromatic carbocycles. The molecule has 21 heavy (non-hydrogen) atoms. The largest absolute Gasteiger partial charge is 0.388 e. The number of nitro benzene ring substituents is 1. The van der Waals surface area contributed by atoms with Crippen LogP contribution in [-0.4, -0.2) is 45.6 Å². The number of hydrogen-bond acceptors (Lipinski definition) is 6. The number of nitro groups is 1. The van der Waals surface area contributed by atoms with E-state index < -0.39 is 20.9 Å². The molecule has 3 N–H and O–H groups in total. The lowest BCUT2D eigenvalue weighted by atomic mass is 10.1. The minimum atomic E-state index is -3.45. The van der Waals surface area contributed by atoms with Crippen LogP contribution in [0, 0.1) is 10.1 Å². The third-order valence-corrected chi connectivity index (χ3v) is 4.06. The maximum Gasteiger partial charge on any atom is 0.282 e. The van der Waals surface area contributed by atoms with Gasteiger partial charge in [0.15, 0.2) is 0 Å². The van der Waals surface area contributed by atoms with E-state index in [2.05, 4.69) is 15.4 Å². The van der Waals surface area contributed by atoms with Crippen molar-refractivity contribution in [3.05, 3.63) is 33.9 Å². The molecule has 0 aliphatic carbocycles. The normalized spacial score (nSPS) is 11.0. The van der Waals surface area contributed by atoms with Gasteiger partial charge in [-0.1, -0.05) is 0 Å². The van der Waals surface area contributed by atoms with E-state index in [-0.39, 0.29) is 23.5 Å². The first kappa shape index (κ1) is 16.9. The van der Waals surface area contributed by atoms with Gasteiger partial charge in [-0.15, -0.1) is 0 Å². The van der Waals surface area contributed by atoms with E-state index >= 15 is 0 Å². The van der Waals surface area contributed by atoms with Gasteiger partial charge in [-0.05, 0) is 19.2 Å². The van der Waals surface area contributed by atoms with Crippen molar-refractivity contribution in [3.63, 3.8) is 0 Å². The Morgan fingerprint density at radius 1 is 1.33 bits per heavy atom. The lowest BCUT2D eigenvalue weighted by Crippen LogP contribution is -2.33. The Hall–Kier alpha value is -2.20. The van der Waals surface area contributed by atoms with Crippen LogP contribution in [0.25, 0.3) is 0 Å². The van der Waals surface area contributed by atoms with Crippen molar-refractivity contribution in [1.29, 1.82) is 0 Å². The fourth-order valence-electron chi connectivity index (χ4n) is 1.53. The third-order valence-electron chi connectivity index (χ3n) is 2.69. The monoisotopic (exact) mass is 316 g/mol. The molecule has 10 heteroatoms. The Kier molecular flexibility index (Phi) is 5.61. The van der Waals surface area contributed by atoms with Crippen LogP contribution in [0.2, 0.25) is 0 Å². The van der Waals surface area contributed by atoms with Crippen molar-refractivity contribution in [3.8, 4) is 0 Å². The standard InChI is InChI=1S/C11H16N4O5S/c1-12-8-3-4-10(15(17)18)9(7-8)11(16)14-5-6-21(19,20)13-2/h3-4,7,12-13H,5-6H2,1-2H3,(H,14,16). The molecular weight excluding hydrogens is 300 g/mol. The molecule has 9 nitrogen and oxygen atoms in total. The second-order valence-electron chi connectivity index (χ2n) is 4.02. The van der Waals surface area contributed by atoms with Crippen LogP contribution in [0.1, 0.15) is 10.4 Å². The van der Waals surface area contributed by atoms with Gasteiger partial charge in [-0.3, -0.25) is 14.9 Å². The van der Waals surface area contributed by atoms with Crippen LogP contribution in [0.5, 0.6) is 0 Å². The number of nitrogens with zero attached hydrogens (tertiary/aromatic N) is 1. The molecule has 1 aromatic rings. The number of hydrogen-bond donors (Lipinski definition) is 3. The van der Waals surface area contributed by atoms with Gasteiger partial charge in [0.05, 0.1) is 10.7 Å². The highest BCUT2D eigenvalue weighted by molar-refractivity contribution is 7.89. The number of sulfonamides is 1. The summed E-state index contributed by atoms with van der Waals surface area (Å²) in [5.74, 6) is -1.01. The van der Waals surface area contributed by atoms with Gasteiger partial charge in [0.25, 0.3) is 11.6 Å². The summed E-state index contributed by atoms with van der Waals surface area (Å²) in [4.78, 5) is 22.2. The summed E-state index contributed by atoms with van der Waals surface area (Å²) in [5, 5.41) is 16.0. The zero-order valence-corrected chi connectivity index (χ0v) is 12.4. The minimum Gasteiger partial charge on any atom is -0.388 e. The number of carbonyl (C=O) groups excluding carboxylic acids is 1. The van der Waals surface area contributed by atoms with Gasteiger partial charge in [-0.2, -0.15) is 0 Å². The summed E-state index contributed by atoms with van der Waals surface area (Å²) in [7, 11) is -0.572. The quantitative estimate of drug-likeness (QED) is 0.476. The van der Waals surface area contributed by atoms with E-state index in [1.807, 2.05) is 0 Å². The second kappa shape index (κ2) is 6.99. The van der Waals surface area contributed by atoms with Gasteiger partial charge >= 0.3 is 0 Å². The molecule has 0 aliphatic heterocycles. The van der Waals surface area contributed by atoms with Crippen molar-refractivity contribution in [1.82, 2.24) is 10.0 Å². The Morgan fingerprint density at radius 2 is 2.00 bits per heavy atom. The van der Waals surface area contributed by atoms with Crippen molar-refractivity contribution in [2.45, 2.75) is 0 Å². The molecule has 0 saturated carbocycles. The molecule has 0 bridgehead atoms. The Balaban J connectivity index is 2.88. The predicted molar refractivity (Wildman–Crippen MR) is 77.8 cm³/mol. The summed E-state index contributed by atoms with van der Waals surface area (Å²) in [6.45, 7) is -0.150. The highest BCUT2D eigenvalue weighted by atomic mass is 32.2. The van der Waals surface area contributed by atoms with E-state index in [9.17, 15) is 23.3 Å². The van der Waals surface area contributed by atoms with E-state index in [0.717, 1.165) is 0 Å². The van der Waals surface area contributed by atoms with E-state index in [4.69, 9.17) is 0 Å². The van der Waals surface area contributed by atoms with Gasteiger partial charge in [0.1, 0.15) is 5.56 Å². The summed E-state index contributed by atoms with van der Waals surface area (Å²) >= 11 is 0. The summed E-state index contributed by atoms with van der Waals surface area (Å²) < 4.78 is 24.5. The van der Waals surface area contributed by atoms with Crippen LogP contribution in [0.3, 0.4) is 0 Å². The average Bonchev–Trinajstić information content (AvgIpc) is 2.46. The molecule has 0 aliphatic rings. The van der Waals surface area contributed by atoms with Gasteiger partial charge in [0, 0.05) is 25.3 Å². The minimum absolute atomic E-state index is 0.131. The fraction of sp³-hybridized carbons (Fsp3) is 0.364. The molecule has 0 fully saturated rings. The zero-order chi connectivity index (χ0) is 16.0. The number of anilines is 1. The van der Waals surface area contributed by atoms with Crippen molar-refractivity contribution in [2.75, 3.05) is 31.7 Å². The van der Waals surface area contributed by atoms with Gasteiger partial charge in [-0.25, -0.2) is 13.1 Å². The summed E-state index contributed by atoms with van der Waals surface area (Å²) in [6.07, 6.45) is 0. The highest BCUT2D eigenvalue weighted by Crippen LogP contribution is 2.22. The maximum atomic E-state index is 12.0. The van der Waals surface area contributed by atoms with Crippen molar-refractivity contribution >= 4 is 27.3 Å². The molecular formula is C11H16N4O5S. The molecule has 0 saturated heterocycles. The van der Waals surface area contributed by atoms with Crippen LogP contribution in [-0.2, 0) is 10.0 Å². The van der Waals surface area contributed by atoms with Crippen LogP contribution in [0.15, 0.2) is 18.2 Å². The maximum absolute atomic E-state index is 12.0. The van der Waals surface area contributed by atoms with Crippen molar-refractivity contribution in [2.24, 2.45) is 0 Å². The van der Waals surface area contributed by atoms with Gasteiger partial charge < -0.3 is 10.6 Å². The molecule has 0 atom stereocenters. The average molecular weight is 316 g/mol. The second-order valence-corrected chi connectivity index (χ2v) is 6.06. The van der Waals surface area contributed by atoms with E-state index in [0.29, 0.717) is 5.69 Å². The molecule has 116 valence electrons. The number of amides is 1. The number of carbonyl (C=O) groups is 1. The molecule has 0 radical (unpaired) electrons. The summed E-state index contributed by atoms with van der Waals surface area (Å²) in [5.41, 5.74) is 0.0604. The summed E-state index contributed by atoms with van der Waals surface area (Å²) in [6, 6.07) is 4.02. The van der Waals surface area contributed by atoms with Crippen LogP contribution in [0.4, 0.5) is 11.4 Å². The fourth-order valence-corrected chi connectivity index (χ4v) is 2.10. The predicted octanol–water partition coefficient (Wildman–Crippen LogP) is -0.0845. The first-order chi connectivity index (χ1) is 9.80. The number of rotatable bonds is 7. The highest BCUT2D eigenvalue weighted by Gasteiger charge is 2.20. The third kappa shape index (κ3) is 4.68. The SMILES string of the molecule is CNc1ccc([N+](=O)[O-])c(C(=O)NCCS(=O)(=O)NC)c1. The number of nitrogens with one attached hydrogen (secondary N) is 3. The first-order valence-electron chi connectivity index (χ1n) is 5.96. The van der Waals surface area contributed by atoms with Crippen LogP contribution < -0.4 is 15.4 Å². The smallest absolute Gasteiger partial charge is 0.282 e. The first-order valence-corrected chi connectivity index (χ1v) is 7.61. The van der Waals surface area contributed by atoms with Gasteiger partial charge in [0.2, 0.25) is 10.0 Å². The molecule has 0 heterocycles. The Labute approximate surface area is 121 Å².